The van der Waals surface area contributed by atoms with Gasteiger partial charge in [0.25, 0.3) is 0 Å². The molecule has 2 aromatic heterocycles. The topological polar surface area (TPSA) is 97.2 Å². The van der Waals surface area contributed by atoms with Crippen LogP contribution in [0.1, 0.15) is 56.3 Å². The van der Waals surface area contributed by atoms with E-state index in [0.717, 1.165) is 28.3 Å². The minimum Gasteiger partial charge on any atom is -0.466 e. The largest absolute Gasteiger partial charge is 0.466 e. The molecule has 198 valence electrons. The maximum Gasteiger partial charge on any atom is 0.433 e. The Morgan fingerprint density at radius 1 is 1.27 bits per heavy atom. The molecule has 0 amide bonds. The Hall–Kier alpha value is -3.05. The number of benzene rings is 1. The van der Waals surface area contributed by atoms with E-state index in [2.05, 4.69) is 20.3 Å². The number of nitrogens with zero attached hydrogens (tertiary/aromatic N) is 3. The fraction of sp³-hybridized carbons (Fsp3) is 0.462. The molecule has 4 rings (SSSR count). The minimum atomic E-state index is -4.57. The zero-order valence-electron chi connectivity index (χ0n) is 21.0. The van der Waals surface area contributed by atoms with Gasteiger partial charge in [-0.25, -0.2) is 15.0 Å². The highest BCUT2D eigenvalue weighted by molar-refractivity contribution is 7.15. The number of esters is 1. The van der Waals surface area contributed by atoms with Crippen molar-refractivity contribution in [1.82, 2.24) is 15.0 Å². The van der Waals surface area contributed by atoms with Crippen LogP contribution in [0.5, 0.6) is 0 Å². The molecular weight excluding hydrogens is 505 g/mol. The quantitative estimate of drug-likeness (QED) is 0.361. The average Bonchev–Trinajstić information content (AvgIpc) is 3.29. The Balaban J connectivity index is 1.56. The van der Waals surface area contributed by atoms with Crippen LogP contribution in [-0.2, 0) is 21.3 Å². The van der Waals surface area contributed by atoms with Gasteiger partial charge in [0.2, 0.25) is 5.95 Å². The molecule has 1 aromatic carbocycles. The normalized spacial score (nSPS) is 21.5. The van der Waals surface area contributed by atoms with Gasteiger partial charge in [0.05, 0.1) is 17.4 Å². The monoisotopic (exact) mass is 534 g/mol. The first kappa shape index (κ1) is 27.0. The zero-order valence-corrected chi connectivity index (χ0v) is 21.8. The summed E-state index contributed by atoms with van der Waals surface area (Å²) < 4.78 is 44.3. The molecule has 2 N–H and O–H groups in total. The van der Waals surface area contributed by atoms with Gasteiger partial charge < -0.3 is 15.2 Å². The zero-order chi connectivity index (χ0) is 27.0. The number of ether oxygens (including phenoxy) is 1. The van der Waals surface area contributed by atoms with Crippen molar-refractivity contribution in [3.63, 3.8) is 0 Å². The lowest BCUT2D eigenvalue weighted by atomic mass is 9.63. The number of aliphatic hydroxyl groups is 1. The first-order valence-electron chi connectivity index (χ1n) is 12.0. The fourth-order valence-corrected chi connectivity index (χ4v) is 5.95. The van der Waals surface area contributed by atoms with Crippen molar-refractivity contribution in [2.24, 2.45) is 11.3 Å². The third kappa shape index (κ3) is 5.93. The molecule has 0 spiro atoms. The molecule has 0 aliphatic heterocycles. The third-order valence-electron chi connectivity index (χ3n) is 6.58. The summed E-state index contributed by atoms with van der Waals surface area (Å²) in [6.45, 7) is 7.89. The van der Waals surface area contributed by atoms with E-state index in [1.807, 2.05) is 26.8 Å². The SMILES string of the molecule is CCOC(=O)[C@@H]1CCC(O)(c2ncc(-c3cc(C)cc(Nc4nccc(C(F)(F)F)n4)c3)s2)CC1(C)C. The van der Waals surface area contributed by atoms with E-state index in [9.17, 15) is 23.1 Å². The van der Waals surface area contributed by atoms with E-state index < -0.39 is 22.9 Å². The van der Waals surface area contributed by atoms with Crippen LogP contribution in [0.2, 0.25) is 0 Å². The van der Waals surface area contributed by atoms with Gasteiger partial charge in [-0.2, -0.15) is 13.2 Å². The first-order valence-corrected chi connectivity index (χ1v) is 12.8. The Morgan fingerprint density at radius 3 is 2.70 bits per heavy atom. The molecule has 1 aliphatic carbocycles. The Bertz CT molecular complexity index is 1290. The standard InChI is InChI=1S/C26H29F3N4O3S/c1-5-36-21(34)18-6-8-25(35,14-24(18,3)4)22-31-13-19(37-22)16-10-15(2)11-17(12-16)32-23-30-9-7-20(33-23)26(27,28)29/h7,9-13,18,35H,5-6,8,14H2,1-4H3,(H,30,32,33)/t18-,25?/m0/s1. The summed E-state index contributed by atoms with van der Waals surface area (Å²) in [5, 5.41) is 15.0. The maximum atomic E-state index is 13.0. The van der Waals surface area contributed by atoms with Crippen LogP contribution in [0.15, 0.2) is 36.7 Å². The Labute approximate surface area is 217 Å². The molecule has 0 radical (unpaired) electrons. The number of carbonyl (C=O) groups excluding carboxylic acids is 1. The summed E-state index contributed by atoms with van der Waals surface area (Å²) in [5.74, 6) is -0.694. The number of aromatic nitrogens is 3. The van der Waals surface area contributed by atoms with Crippen molar-refractivity contribution in [2.45, 2.75) is 58.7 Å². The van der Waals surface area contributed by atoms with Crippen molar-refractivity contribution in [3.8, 4) is 10.4 Å². The fourth-order valence-electron chi connectivity index (χ4n) is 4.93. The number of alkyl halides is 3. The average molecular weight is 535 g/mol. The van der Waals surface area contributed by atoms with Gasteiger partial charge in [-0.1, -0.05) is 19.9 Å². The van der Waals surface area contributed by atoms with Gasteiger partial charge in [0, 0.05) is 18.1 Å². The molecule has 1 saturated carbocycles. The minimum absolute atomic E-state index is 0.161. The molecule has 37 heavy (non-hydrogen) atoms. The second-order valence-corrected chi connectivity index (χ2v) is 11.1. The lowest BCUT2D eigenvalue weighted by molar-refractivity contribution is -0.160. The van der Waals surface area contributed by atoms with Gasteiger partial charge in [0.1, 0.15) is 16.3 Å². The van der Waals surface area contributed by atoms with Crippen LogP contribution >= 0.6 is 11.3 Å². The van der Waals surface area contributed by atoms with Gasteiger partial charge >= 0.3 is 12.1 Å². The van der Waals surface area contributed by atoms with Gasteiger partial charge in [0.15, 0.2) is 0 Å². The Morgan fingerprint density at radius 2 is 2.03 bits per heavy atom. The predicted octanol–water partition coefficient (Wildman–Crippen LogP) is 6.25. The molecule has 7 nitrogen and oxygen atoms in total. The first-order chi connectivity index (χ1) is 17.3. The van der Waals surface area contributed by atoms with Crippen molar-refractivity contribution < 1.29 is 27.8 Å². The summed E-state index contributed by atoms with van der Waals surface area (Å²) in [7, 11) is 0. The lowest BCUT2D eigenvalue weighted by Gasteiger charge is -2.44. The van der Waals surface area contributed by atoms with Crippen LogP contribution in [0.25, 0.3) is 10.4 Å². The molecule has 1 fully saturated rings. The van der Waals surface area contributed by atoms with Crippen LogP contribution < -0.4 is 5.32 Å². The third-order valence-corrected chi connectivity index (χ3v) is 7.82. The van der Waals surface area contributed by atoms with Crippen LogP contribution in [-0.4, -0.2) is 32.6 Å². The maximum absolute atomic E-state index is 13.0. The number of rotatable bonds is 6. The van der Waals surface area contributed by atoms with E-state index in [-0.39, 0.29) is 17.8 Å². The Kier molecular flexibility index (Phi) is 7.31. The molecule has 0 saturated heterocycles. The number of hydrogen-bond acceptors (Lipinski definition) is 8. The number of thiazole rings is 1. The molecular formula is C26H29F3N4O3S. The molecule has 1 aliphatic rings. The van der Waals surface area contributed by atoms with Gasteiger partial charge in [-0.05, 0) is 67.9 Å². The van der Waals surface area contributed by atoms with Gasteiger partial charge in [-0.15, -0.1) is 11.3 Å². The summed E-state index contributed by atoms with van der Waals surface area (Å²) in [6.07, 6.45) is -0.581. The van der Waals surface area contributed by atoms with Crippen molar-refractivity contribution >= 4 is 28.9 Å². The van der Waals surface area contributed by atoms with Crippen LogP contribution in [0, 0.1) is 18.3 Å². The molecule has 1 unspecified atom stereocenters. The number of hydrogen-bond donors (Lipinski definition) is 2. The number of carbonyl (C=O) groups is 1. The number of aryl methyl sites for hydroxylation is 1. The highest BCUT2D eigenvalue weighted by Crippen LogP contribution is 2.51. The number of anilines is 2. The van der Waals surface area contributed by atoms with Crippen LogP contribution in [0.3, 0.4) is 0 Å². The summed E-state index contributed by atoms with van der Waals surface area (Å²) in [6, 6.07) is 6.31. The summed E-state index contributed by atoms with van der Waals surface area (Å²) in [5.41, 5.74) is -0.487. The highest BCUT2D eigenvalue weighted by Gasteiger charge is 2.49. The molecule has 11 heteroatoms. The van der Waals surface area contributed by atoms with E-state index in [4.69, 9.17) is 4.74 Å². The molecule has 0 bridgehead atoms. The lowest BCUT2D eigenvalue weighted by Crippen LogP contribution is -2.45. The van der Waals surface area contributed by atoms with Gasteiger partial charge in [-0.3, -0.25) is 4.79 Å². The molecule has 2 atom stereocenters. The predicted molar refractivity (Wildman–Crippen MR) is 134 cm³/mol. The smallest absolute Gasteiger partial charge is 0.433 e. The van der Waals surface area contributed by atoms with Crippen molar-refractivity contribution in [1.29, 1.82) is 0 Å². The summed E-state index contributed by atoms with van der Waals surface area (Å²) >= 11 is 1.36. The number of nitrogens with one attached hydrogen (secondary N) is 1. The molecule has 2 heterocycles. The van der Waals surface area contributed by atoms with E-state index in [0.29, 0.717) is 36.6 Å². The van der Waals surface area contributed by atoms with E-state index in [1.165, 1.54) is 11.3 Å². The second kappa shape index (κ2) is 10.0. The number of halogens is 3. The van der Waals surface area contributed by atoms with E-state index in [1.54, 1.807) is 25.3 Å². The summed E-state index contributed by atoms with van der Waals surface area (Å²) in [4.78, 5) is 25.2. The van der Waals surface area contributed by atoms with Crippen LogP contribution in [0.4, 0.5) is 24.8 Å². The second-order valence-electron chi connectivity index (χ2n) is 10.0. The van der Waals surface area contributed by atoms with E-state index >= 15 is 0 Å². The highest BCUT2D eigenvalue weighted by atomic mass is 32.1. The molecule has 3 aromatic rings. The van der Waals surface area contributed by atoms with Crippen molar-refractivity contribution in [2.75, 3.05) is 11.9 Å². The van der Waals surface area contributed by atoms with Crippen molar-refractivity contribution in [3.05, 3.63) is 52.9 Å².